The van der Waals surface area contributed by atoms with Crippen LogP contribution in [0.15, 0.2) is 30.7 Å². The first-order valence-corrected chi connectivity index (χ1v) is 7.98. The van der Waals surface area contributed by atoms with Crippen molar-refractivity contribution in [3.8, 4) is 11.9 Å². The molecule has 1 aliphatic carbocycles. The molecule has 25 heavy (non-hydrogen) atoms. The average molecular weight is 339 g/mol. The Hall–Kier alpha value is -3.21. The number of rotatable bonds is 5. The minimum Gasteiger partial charge on any atom is -0.476 e. The van der Waals surface area contributed by atoms with Crippen molar-refractivity contribution < 1.29 is 14.6 Å². The van der Waals surface area contributed by atoms with Crippen LogP contribution in [0.25, 0.3) is 0 Å². The van der Waals surface area contributed by atoms with E-state index in [0.29, 0.717) is 17.3 Å². The molecule has 0 atom stereocenters. The highest BCUT2D eigenvalue weighted by molar-refractivity contribution is 5.84. The first-order chi connectivity index (χ1) is 12.1. The molecule has 8 heteroatoms. The lowest BCUT2D eigenvalue weighted by Gasteiger charge is -2.29. The van der Waals surface area contributed by atoms with Crippen LogP contribution in [0, 0.1) is 11.3 Å². The molecule has 8 nitrogen and oxygen atoms in total. The molecule has 0 radical (unpaired) electrons. The summed E-state index contributed by atoms with van der Waals surface area (Å²) in [5.74, 6) is 0.0155. The van der Waals surface area contributed by atoms with Gasteiger partial charge in [-0.15, -0.1) is 0 Å². The van der Waals surface area contributed by atoms with Gasteiger partial charge >= 0.3 is 5.97 Å². The maximum atomic E-state index is 10.8. The van der Waals surface area contributed by atoms with Crippen LogP contribution in [0.5, 0.6) is 5.88 Å². The van der Waals surface area contributed by atoms with Gasteiger partial charge in [0, 0.05) is 18.3 Å². The number of nitrogens with zero attached hydrogens (tertiary/aromatic N) is 4. The van der Waals surface area contributed by atoms with Gasteiger partial charge in [0.1, 0.15) is 18.0 Å². The Morgan fingerprint density at radius 1 is 1.16 bits per heavy atom. The molecule has 1 aliphatic rings. The van der Waals surface area contributed by atoms with Gasteiger partial charge in [0.05, 0.1) is 18.0 Å². The van der Waals surface area contributed by atoms with Crippen LogP contribution in [-0.2, 0) is 0 Å². The van der Waals surface area contributed by atoms with E-state index in [-0.39, 0.29) is 17.8 Å². The predicted octanol–water partition coefficient (Wildman–Crippen LogP) is 2.24. The number of nitriles is 1. The van der Waals surface area contributed by atoms with Gasteiger partial charge in [0.2, 0.25) is 5.88 Å². The number of hydrogen-bond donors (Lipinski definition) is 2. The van der Waals surface area contributed by atoms with Gasteiger partial charge in [-0.25, -0.2) is 19.7 Å². The maximum absolute atomic E-state index is 10.8. The summed E-state index contributed by atoms with van der Waals surface area (Å²) >= 11 is 0. The summed E-state index contributed by atoms with van der Waals surface area (Å²) in [6, 6.07) is 5.68. The van der Waals surface area contributed by atoms with E-state index in [2.05, 4.69) is 20.3 Å². The van der Waals surface area contributed by atoms with E-state index in [9.17, 15) is 4.79 Å². The maximum Gasteiger partial charge on any atom is 0.356 e. The fourth-order valence-corrected chi connectivity index (χ4v) is 2.73. The molecule has 0 aromatic carbocycles. The smallest absolute Gasteiger partial charge is 0.356 e. The van der Waals surface area contributed by atoms with Crippen LogP contribution >= 0.6 is 0 Å². The molecule has 0 aliphatic heterocycles. The van der Waals surface area contributed by atoms with Gasteiger partial charge in [-0.3, -0.25) is 0 Å². The minimum atomic E-state index is -1.09. The summed E-state index contributed by atoms with van der Waals surface area (Å²) in [6.07, 6.45) is 7.84. The molecule has 1 fully saturated rings. The molecule has 3 rings (SSSR count). The number of carboxylic acids is 1. The Kier molecular flexibility index (Phi) is 5.04. The zero-order chi connectivity index (χ0) is 17.6. The van der Waals surface area contributed by atoms with Crippen LogP contribution in [0.1, 0.15) is 41.7 Å². The van der Waals surface area contributed by atoms with Crippen molar-refractivity contribution in [1.82, 2.24) is 15.0 Å². The van der Waals surface area contributed by atoms with Crippen molar-refractivity contribution in [3.63, 3.8) is 0 Å². The fraction of sp³-hybridized carbons (Fsp3) is 0.353. The van der Waals surface area contributed by atoms with E-state index in [1.807, 2.05) is 6.07 Å². The largest absolute Gasteiger partial charge is 0.476 e. The molecule has 0 amide bonds. The zero-order valence-corrected chi connectivity index (χ0v) is 13.4. The Labute approximate surface area is 144 Å². The first kappa shape index (κ1) is 16.6. The third-order valence-electron chi connectivity index (χ3n) is 4.05. The number of anilines is 1. The van der Waals surface area contributed by atoms with Gasteiger partial charge in [0.25, 0.3) is 0 Å². The second-order valence-electron chi connectivity index (χ2n) is 5.82. The second kappa shape index (κ2) is 7.57. The van der Waals surface area contributed by atoms with Crippen molar-refractivity contribution in [2.75, 3.05) is 5.32 Å². The highest BCUT2D eigenvalue weighted by atomic mass is 16.5. The van der Waals surface area contributed by atoms with E-state index in [1.54, 1.807) is 12.1 Å². The third-order valence-corrected chi connectivity index (χ3v) is 4.05. The number of aromatic nitrogens is 3. The number of nitrogens with one attached hydrogen (secondary N) is 1. The number of pyridine rings is 1. The molecule has 2 N–H and O–H groups in total. The quantitative estimate of drug-likeness (QED) is 0.850. The second-order valence-corrected chi connectivity index (χ2v) is 5.82. The molecule has 2 aromatic heterocycles. The Balaban J connectivity index is 1.48. The van der Waals surface area contributed by atoms with E-state index < -0.39 is 5.97 Å². The molecule has 0 unspecified atom stereocenters. The van der Waals surface area contributed by atoms with Crippen molar-refractivity contribution in [1.29, 1.82) is 5.26 Å². The summed E-state index contributed by atoms with van der Waals surface area (Å²) in [6.45, 7) is 0. The number of aromatic carboxylic acids is 1. The van der Waals surface area contributed by atoms with Crippen LogP contribution in [0.4, 0.5) is 5.82 Å². The topological polar surface area (TPSA) is 121 Å². The molecule has 2 aromatic rings. The lowest BCUT2D eigenvalue weighted by molar-refractivity contribution is 0.0690. The lowest BCUT2D eigenvalue weighted by atomic mass is 9.93. The number of carboxylic acid groups (broad SMARTS) is 1. The highest BCUT2D eigenvalue weighted by Crippen LogP contribution is 2.24. The average Bonchev–Trinajstić information content (AvgIpc) is 2.64. The van der Waals surface area contributed by atoms with E-state index >= 15 is 0 Å². The summed E-state index contributed by atoms with van der Waals surface area (Å²) in [5, 5.41) is 20.9. The van der Waals surface area contributed by atoms with E-state index in [1.165, 1.54) is 18.6 Å². The molecular weight excluding hydrogens is 322 g/mol. The summed E-state index contributed by atoms with van der Waals surface area (Å²) < 4.78 is 5.85. The molecular formula is C17H17N5O3. The van der Waals surface area contributed by atoms with Gasteiger partial charge in [0.15, 0.2) is 5.69 Å². The standard InChI is InChI=1S/C17H17N5O3/c18-7-11-1-6-16(21-8-11)25-13-4-2-12(3-5-13)22-15-10-19-14(9-20-15)17(23)24/h1,6,8-10,12-13H,2-5H2,(H,20,22)(H,23,24). The van der Waals surface area contributed by atoms with Crippen LogP contribution in [0.2, 0.25) is 0 Å². The fourth-order valence-electron chi connectivity index (χ4n) is 2.73. The normalized spacial score (nSPS) is 19.6. The molecule has 0 saturated heterocycles. The van der Waals surface area contributed by atoms with E-state index in [4.69, 9.17) is 15.1 Å². The van der Waals surface area contributed by atoms with Crippen molar-refractivity contribution in [2.45, 2.75) is 37.8 Å². The molecule has 0 bridgehead atoms. The number of carbonyl (C=O) groups is 1. The van der Waals surface area contributed by atoms with Crippen molar-refractivity contribution >= 4 is 11.8 Å². The van der Waals surface area contributed by atoms with Crippen molar-refractivity contribution in [2.24, 2.45) is 0 Å². The van der Waals surface area contributed by atoms with Crippen LogP contribution < -0.4 is 10.1 Å². The van der Waals surface area contributed by atoms with Gasteiger partial charge in [-0.2, -0.15) is 5.26 Å². The Bertz CT molecular complexity index is 762. The number of ether oxygens (including phenoxy) is 1. The highest BCUT2D eigenvalue weighted by Gasteiger charge is 2.23. The van der Waals surface area contributed by atoms with Gasteiger partial charge in [-0.05, 0) is 31.7 Å². The molecule has 2 heterocycles. The minimum absolute atomic E-state index is 0.0717. The lowest BCUT2D eigenvalue weighted by Crippen LogP contribution is -2.31. The van der Waals surface area contributed by atoms with Gasteiger partial charge in [-0.1, -0.05) is 0 Å². The summed E-state index contributed by atoms with van der Waals surface area (Å²) in [5.41, 5.74) is 0.438. The zero-order valence-electron chi connectivity index (χ0n) is 13.4. The van der Waals surface area contributed by atoms with E-state index in [0.717, 1.165) is 25.7 Å². The molecule has 128 valence electrons. The summed E-state index contributed by atoms with van der Waals surface area (Å²) in [7, 11) is 0. The van der Waals surface area contributed by atoms with Crippen molar-refractivity contribution in [3.05, 3.63) is 42.0 Å². The van der Waals surface area contributed by atoms with Crippen LogP contribution in [-0.4, -0.2) is 38.2 Å². The number of hydrogen-bond acceptors (Lipinski definition) is 7. The summed E-state index contributed by atoms with van der Waals surface area (Å²) in [4.78, 5) is 22.8. The van der Waals surface area contributed by atoms with Crippen LogP contribution in [0.3, 0.4) is 0 Å². The SMILES string of the molecule is N#Cc1ccc(OC2CCC(Nc3cnc(C(=O)O)cn3)CC2)nc1. The Morgan fingerprint density at radius 3 is 2.52 bits per heavy atom. The third kappa shape index (κ3) is 4.41. The van der Waals surface area contributed by atoms with Gasteiger partial charge < -0.3 is 15.2 Å². The Morgan fingerprint density at radius 2 is 1.96 bits per heavy atom. The molecule has 1 saturated carbocycles. The molecule has 0 spiro atoms. The first-order valence-electron chi connectivity index (χ1n) is 7.98. The predicted molar refractivity (Wildman–Crippen MR) is 88.2 cm³/mol. The monoisotopic (exact) mass is 339 g/mol.